The minimum Gasteiger partial charge on any atom is -0.497 e. The van der Waals surface area contributed by atoms with Gasteiger partial charge in [-0.15, -0.1) is 0 Å². The van der Waals surface area contributed by atoms with Crippen molar-refractivity contribution >= 4 is 27.5 Å². The molecule has 0 spiro atoms. The topological polar surface area (TPSA) is 92.8 Å². The fourth-order valence-corrected chi connectivity index (χ4v) is 7.01. The lowest BCUT2D eigenvalue weighted by Crippen LogP contribution is -2.40. The molecule has 6 atom stereocenters. The van der Waals surface area contributed by atoms with Gasteiger partial charge in [0.05, 0.1) is 29.5 Å². The highest BCUT2D eigenvalue weighted by Gasteiger charge is 2.67. The molecule has 1 aliphatic heterocycles. The number of methoxy groups -OCH3 is 1. The second-order valence-electron chi connectivity index (χ2n) is 9.33. The van der Waals surface area contributed by atoms with Crippen LogP contribution in [0.25, 0.3) is 0 Å². The number of nitrogens with one attached hydrogen (secondary N) is 1. The average Bonchev–Trinajstić information content (AvgIpc) is 3.61. The van der Waals surface area contributed by atoms with Crippen LogP contribution in [0.15, 0.2) is 65.6 Å². The normalized spacial score (nSPS) is 31.5. The molecule has 5 aliphatic rings. The number of allylic oxidation sites excluding steroid dienone is 2. The Kier molecular flexibility index (Phi) is 4.54. The third-order valence-electron chi connectivity index (χ3n) is 7.69. The van der Waals surface area contributed by atoms with Crippen molar-refractivity contribution in [3.05, 3.63) is 66.2 Å². The molecule has 2 aromatic rings. The van der Waals surface area contributed by atoms with Gasteiger partial charge in [0.2, 0.25) is 21.8 Å². The molecule has 2 saturated carbocycles. The van der Waals surface area contributed by atoms with Crippen molar-refractivity contribution in [2.75, 3.05) is 12.0 Å². The van der Waals surface area contributed by atoms with Crippen molar-refractivity contribution in [1.29, 1.82) is 0 Å². The number of ether oxygens (including phenoxy) is 1. The summed E-state index contributed by atoms with van der Waals surface area (Å²) in [6.07, 6.45) is 5.45. The van der Waals surface area contributed by atoms with Gasteiger partial charge < -0.3 is 4.74 Å². The van der Waals surface area contributed by atoms with Gasteiger partial charge in [-0.1, -0.05) is 24.3 Å². The van der Waals surface area contributed by atoms with Crippen molar-refractivity contribution < 1.29 is 22.7 Å². The molecule has 8 heteroatoms. The SMILES string of the molecule is COc1ccc(S(=O)(=O)NCc2ccc(N3C(=O)[C@@H]4[C@@H]5C=CC([C@H]6CC65)[C@@H]4C3=O)cc2)cc1. The van der Waals surface area contributed by atoms with Crippen LogP contribution in [0.4, 0.5) is 5.69 Å². The summed E-state index contributed by atoms with van der Waals surface area (Å²) in [6.45, 7) is 0.0964. The van der Waals surface area contributed by atoms with E-state index in [4.69, 9.17) is 4.74 Å². The molecule has 170 valence electrons. The van der Waals surface area contributed by atoms with E-state index < -0.39 is 10.0 Å². The Labute approximate surface area is 192 Å². The van der Waals surface area contributed by atoms with Crippen LogP contribution in [0.5, 0.6) is 5.75 Å². The van der Waals surface area contributed by atoms with Crippen LogP contribution >= 0.6 is 0 Å². The summed E-state index contributed by atoms with van der Waals surface area (Å²) in [5, 5.41) is 0. The van der Waals surface area contributed by atoms with Crippen LogP contribution < -0.4 is 14.4 Å². The predicted octanol–water partition coefficient (Wildman–Crippen LogP) is 2.73. The van der Waals surface area contributed by atoms with E-state index >= 15 is 0 Å². The molecule has 2 bridgehead atoms. The number of rotatable bonds is 6. The minimum atomic E-state index is -3.68. The third-order valence-corrected chi connectivity index (χ3v) is 9.11. The van der Waals surface area contributed by atoms with Gasteiger partial charge in [-0.2, -0.15) is 0 Å². The van der Waals surface area contributed by atoms with E-state index in [0.29, 0.717) is 23.3 Å². The summed E-state index contributed by atoms with van der Waals surface area (Å²) in [5.74, 6) is 1.45. The summed E-state index contributed by atoms with van der Waals surface area (Å²) < 4.78 is 32.8. The van der Waals surface area contributed by atoms with Gasteiger partial charge in [0, 0.05) is 6.54 Å². The molecule has 33 heavy (non-hydrogen) atoms. The maximum atomic E-state index is 13.2. The zero-order valence-corrected chi connectivity index (χ0v) is 18.9. The lowest BCUT2D eigenvalue weighted by molar-refractivity contribution is -0.124. The smallest absolute Gasteiger partial charge is 0.240 e. The van der Waals surface area contributed by atoms with E-state index in [1.54, 1.807) is 36.4 Å². The quantitative estimate of drug-likeness (QED) is 0.524. The zero-order valence-electron chi connectivity index (χ0n) is 18.0. The van der Waals surface area contributed by atoms with E-state index in [1.807, 2.05) is 0 Å². The number of amides is 2. The molecular weight excluding hydrogens is 440 g/mol. The first-order valence-electron chi connectivity index (χ1n) is 11.2. The van der Waals surface area contributed by atoms with Gasteiger partial charge >= 0.3 is 0 Å². The van der Waals surface area contributed by atoms with Crippen LogP contribution in [0.2, 0.25) is 0 Å². The highest BCUT2D eigenvalue weighted by atomic mass is 32.2. The maximum absolute atomic E-state index is 13.2. The van der Waals surface area contributed by atoms with Crippen LogP contribution in [0, 0.1) is 35.5 Å². The molecule has 7 rings (SSSR count). The monoisotopic (exact) mass is 464 g/mol. The highest BCUT2D eigenvalue weighted by molar-refractivity contribution is 7.89. The Hall–Kier alpha value is -2.97. The van der Waals surface area contributed by atoms with Crippen molar-refractivity contribution in [3.8, 4) is 5.75 Å². The number of hydrogen-bond donors (Lipinski definition) is 1. The average molecular weight is 465 g/mol. The molecule has 1 N–H and O–H groups in total. The number of nitrogens with zero attached hydrogens (tertiary/aromatic N) is 1. The largest absolute Gasteiger partial charge is 0.497 e. The fourth-order valence-electron chi connectivity index (χ4n) is 5.99. The van der Waals surface area contributed by atoms with Crippen LogP contribution in [-0.2, 0) is 26.2 Å². The Balaban J connectivity index is 1.16. The molecule has 2 aromatic carbocycles. The number of benzene rings is 2. The van der Waals surface area contributed by atoms with Gasteiger partial charge in [0.1, 0.15) is 5.75 Å². The molecule has 0 radical (unpaired) electrons. The standard InChI is InChI=1S/C25H24N2O5S/c1-32-16-6-8-17(9-7-16)33(30,31)26-13-14-2-4-15(5-3-14)27-24(28)22-18-10-11-19(21-12-20(18)21)23(22)25(27)29/h2-11,18-23,26H,12-13H2,1H3/t18-,19?,20?,21-,22-,23+/m1/s1. The Bertz CT molecular complexity index is 1230. The molecular formula is C25H24N2O5S. The van der Waals surface area contributed by atoms with Crippen molar-refractivity contribution in [1.82, 2.24) is 4.72 Å². The lowest BCUT2D eigenvalue weighted by atomic mass is 9.63. The van der Waals surface area contributed by atoms with Gasteiger partial charge in [0.15, 0.2) is 0 Å². The summed E-state index contributed by atoms with van der Waals surface area (Å²) in [6, 6.07) is 13.1. The first-order chi connectivity index (χ1) is 15.9. The molecule has 2 unspecified atom stereocenters. The summed E-state index contributed by atoms with van der Waals surface area (Å²) in [7, 11) is -2.16. The minimum absolute atomic E-state index is 0.0948. The second-order valence-corrected chi connectivity index (χ2v) is 11.1. The molecule has 1 heterocycles. The number of carbonyl (C=O) groups excluding carboxylic acids is 2. The Morgan fingerprint density at radius 2 is 1.48 bits per heavy atom. The maximum Gasteiger partial charge on any atom is 0.240 e. The number of hydrogen-bond acceptors (Lipinski definition) is 5. The van der Waals surface area contributed by atoms with E-state index in [-0.39, 0.29) is 46.9 Å². The summed E-state index contributed by atoms with van der Waals surface area (Å²) in [5.41, 5.74) is 1.28. The van der Waals surface area contributed by atoms with E-state index in [1.165, 1.54) is 24.1 Å². The summed E-state index contributed by atoms with van der Waals surface area (Å²) >= 11 is 0. The zero-order chi connectivity index (χ0) is 22.9. The molecule has 4 aliphatic carbocycles. The van der Waals surface area contributed by atoms with Gasteiger partial charge in [-0.3, -0.25) is 14.5 Å². The third kappa shape index (κ3) is 3.15. The van der Waals surface area contributed by atoms with Crippen LogP contribution in [0.3, 0.4) is 0 Å². The predicted molar refractivity (Wildman–Crippen MR) is 121 cm³/mol. The first kappa shape index (κ1) is 20.6. The van der Waals surface area contributed by atoms with E-state index in [2.05, 4.69) is 16.9 Å². The first-order valence-corrected chi connectivity index (χ1v) is 12.7. The molecule has 1 saturated heterocycles. The van der Waals surface area contributed by atoms with E-state index in [0.717, 1.165) is 12.0 Å². The molecule has 0 aromatic heterocycles. The van der Waals surface area contributed by atoms with Crippen LogP contribution in [-0.4, -0.2) is 27.3 Å². The van der Waals surface area contributed by atoms with Crippen LogP contribution in [0.1, 0.15) is 12.0 Å². The molecule has 2 amide bonds. The summed E-state index contributed by atoms with van der Waals surface area (Å²) in [4.78, 5) is 27.9. The van der Waals surface area contributed by atoms with Crippen molar-refractivity contribution in [3.63, 3.8) is 0 Å². The van der Waals surface area contributed by atoms with Gasteiger partial charge in [-0.25, -0.2) is 13.1 Å². The fraction of sp³-hybridized carbons (Fsp3) is 0.360. The number of sulfonamides is 1. The molecule has 7 nitrogen and oxygen atoms in total. The second kappa shape index (κ2) is 7.27. The molecule has 3 fully saturated rings. The lowest BCUT2D eigenvalue weighted by Gasteiger charge is -2.37. The van der Waals surface area contributed by atoms with Gasteiger partial charge in [0.25, 0.3) is 0 Å². The number of carbonyl (C=O) groups is 2. The Morgan fingerprint density at radius 1 is 0.909 bits per heavy atom. The number of imide groups is 1. The Morgan fingerprint density at radius 3 is 2.03 bits per heavy atom. The highest BCUT2D eigenvalue weighted by Crippen LogP contribution is 2.65. The van der Waals surface area contributed by atoms with E-state index in [9.17, 15) is 18.0 Å². The van der Waals surface area contributed by atoms with Gasteiger partial charge in [-0.05, 0) is 72.1 Å². The van der Waals surface area contributed by atoms with Crippen molar-refractivity contribution in [2.45, 2.75) is 17.9 Å². The van der Waals surface area contributed by atoms with Crippen molar-refractivity contribution in [2.24, 2.45) is 35.5 Å². The number of anilines is 1.